The summed E-state index contributed by atoms with van der Waals surface area (Å²) in [5.74, 6) is 0.488. The van der Waals surface area contributed by atoms with Crippen LogP contribution in [0.5, 0.6) is 0 Å². The summed E-state index contributed by atoms with van der Waals surface area (Å²) in [6, 6.07) is 13.1. The average molecular weight is 549 g/mol. The van der Waals surface area contributed by atoms with Crippen molar-refractivity contribution in [1.29, 1.82) is 0 Å². The lowest BCUT2D eigenvalue weighted by Crippen LogP contribution is -2.50. The van der Waals surface area contributed by atoms with Gasteiger partial charge in [-0.1, -0.05) is 35.9 Å². The highest BCUT2D eigenvalue weighted by Crippen LogP contribution is 2.37. The van der Waals surface area contributed by atoms with Gasteiger partial charge in [0.05, 0.1) is 16.2 Å². The van der Waals surface area contributed by atoms with Gasteiger partial charge in [0.2, 0.25) is 0 Å². The van der Waals surface area contributed by atoms with E-state index in [0.29, 0.717) is 53.8 Å². The SMILES string of the molecule is CC(C)(C)OC(=O)N1CCN(c2ncnc3cc(-c4nc(NC(=O)CO)cc5ccccc45)c(Cl)cc23)CC1. The van der Waals surface area contributed by atoms with Crippen molar-refractivity contribution in [2.75, 3.05) is 43.0 Å². The molecule has 202 valence electrons. The normalized spacial score (nSPS) is 14.1. The highest BCUT2D eigenvalue weighted by Gasteiger charge is 2.27. The summed E-state index contributed by atoms with van der Waals surface area (Å²) in [4.78, 5) is 41.8. The van der Waals surface area contributed by atoms with Gasteiger partial charge in [0.25, 0.3) is 5.91 Å². The van der Waals surface area contributed by atoms with E-state index >= 15 is 0 Å². The third-order valence-corrected chi connectivity index (χ3v) is 6.65. The molecule has 1 fully saturated rings. The monoisotopic (exact) mass is 548 g/mol. The van der Waals surface area contributed by atoms with Crippen LogP contribution in [0.1, 0.15) is 20.8 Å². The van der Waals surface area contributed by atoms with Crippen LogP contribution in [0.2, 0.25) is 5.02 Å². The molecule has 1 aliphatic rings. The molecule has 2 aromatic carbocycles. The number of nitrogens with zero attached hydrogens (tertiary/aromatic N) is 5. The van der Waals surface area contributed by atoms with Gasteiger partial charge in [0.15, 0.2) is 0 Å². The van der Waals surface area contributed by atoms with Crippen LogP contribution in [-0.2, 0) is 9.53 Å². The van der Waals surface area contributed by atoms with Crippen LogP contribution < -0.4 is 10.2 Å². The number of hydrogen-bond donors (Lipinski definition) is 2. The van der Waals surface area contributed by atoms with Crippen LogP contribution >= 0.6 is 11.6 Å². The quantitative estimate of drug-likeness (QED) is 0.383. The standard InChI is InChI=1S/C28H29ClN6O4/c1-28(2,3)39-27(38)35-10-8-34(9-11-35)26-20-13-21(29)19(14-22(20)30-16-31-26)25-18-7-5-4-6-17(18)12-23(33-25)32-24(37)15-36/h4-7,12-14,16,36H,8-11,15H2,1-3H3,(H,32,33,37). The van der Waals surface area contributed by atoms with Gasteiger partial charge in [-0.25, -0.2) is 19.7 Å². The molecule has 0 radical (unpaired) electrons. The van der Waals surface area contributed by atoms with Gasteiger partial charge in [0.1, 0.15) is 30.2 Å². The van der Waals surface area contributed by atoms with E-state index in [4.69, 9.17) is 16.3 Å². The summed E-state index contributed by atoms with van der Waals surface area (Å²) in [6.07, 6.45) is 1.19. The van der Waals surface area contributed by atoms with E-state index < -0.39 is 18.1 Å². The molecule has 0 saturated carbocycles. The van der Waals surface area contributed by atoms with Crippen molar-refractivity contribution in [2.24, 2.45) is 0 Å². The van der Waals surface area contributed by atoms with Gasteiger partial charge in [-0.05, 0) is 44.4 Å². The third kappa shape index (κ3) is 5.71. The number of aliphatic hydroxyl groups is 1. The van der Waals surface area contributed by atoms with Crippen molar-refractivity contribution in [3.8, 4) is 11.3 Å². The minimum Gasteiger partial charge on any atom is -0.444 e. The topological polar surface area (TPSA) is 121 Å². The molecule has 11 heteroatoms. The molecule has 10 nitrogen and oxygen atoms in total. The Balaban J connectivity index is 1.48. The number of hydrogen-bond acceptors (Lipinski definition) is 8. The maximum atomic E-state index is 12.5. The number of amides is 2. The number of anilines is 2. The fourth-order valence-electron chi connectivity index (χ4n) is 4.57. The molecule has 0 spiro atoms. The Labute approximate surface area is 230 Å². The summed E-state index contributed by atoms with van der Waals surface area (Å²) in [5, 5.41) is 14.7. The van der Waals surface area contributed by atoms with Crippen LogP contribution in [0.3, 0.4) is 0 Å². The lowest BCUT2D eigenvalue weighted by molar-refractivity contribution is -0.118. The lowest BCUT2D eigenvalue weighted by Gasteiger charge is -2.36. The Kier molecular flexibility index (Phi) is 7.24. The lowest BCUT2D eigenvalue weighted by atomic mass is 10.0. The van der Waals surface area contributed by atoms with Crippen LogP contribution in [0, 0.1) is 0 Å². The molecular formula is C28H29ClN6O4. The van der Waals surface area contributed by atoms with E-state index in [2.05, 4.69) is 25.2 Å². The minimum absolute atomic E-state index is 0.310. The summed E-state index contributed by atoms with van der Waals surface area (Å²) < 4.78 is 5.51. The van der Waals surface area contributed by atoms with E-state index in [1.807, 2.05) is 57.2 Å². The molecule has 5 rings (SSSR count). The highest BCUT2D eigenvalue weighted by atomic mass is 35.5. The van der Waals surface area contributed by atoms with Gasteiger partial charge in [-0.15, -0.1) is 0 Å². The number of carbonyl (C=O) groups is 2. The van der Waals surface area contributed by atoms with Gasteiger partial charge in [-0.2, -0.15) is 0 Å². The third-order valence-electron chi connectivity index (χ3n) is 6.34. The number of aromatic nitrogens is 3. The number of rotatable bonds is 4. The van der Waals surface area contributed by atoms with Crippen molar-refractivity contribution in [3.05, 3.63) is 53.8 Å². The second-order valence-electron chi connectivity index (χ2n) is 10.3. The summed E-state index contributed by atoms with van der Waals surface area (Å²) >= 11 is 6.85. The first-order chi connectivity index (χ1) is 18.6. The number of nitrogens with one attached hydrogen (secondary N) is 1. The van der Waals surface area contributed by atoms with E-state index in [1.165, 1.54) is 6.33 Å². The maximum Gasteiger partial charge on any atom is 0.410 e. The maximum absolute atomic E-state index is 12.5. The Hall–Kier alpha value is -4.02. The van der Waals surface area contributed by atoms with Crippen molar-refractivity contribution < 1.29 is 19.4 Å². The van der Waals surface area contributed by atoms with Crippen molar-refractivity contribution in [2.45, 2.75) is 26.4 Å². The first kappa shape index (κ1) is 26.6. The van der Waals surface area contributed by atoms with Crippen LogP contribution in [0.15, 0.2) is 48.8 Å². The Morgan fingerprint density at radius 2 is 1.79 bits per heavy atom. The molecule has 0 atom stereocenters. The molecule has 0 aliphatic carbocycles. The first-order valence-electron chi connectivity index (χ1n) is 12.6. The Morgan fingerprint density at radius 3 is 2.51 bits per heavy atom. The summed E-state index contributed by atoms with van der Waals surface area (Å²) in [7, 11) is 0. The fraction of sp³-hybridized carbons (Fsp3) is 0.321. The van der Waals surface area contributed by atoms with E-state index in [1.54, 1.807) is 11.0 Å². The number of pyridine rings is 1. The second-order valence-corrected chi connectivity index (χ2v) is 10.7. The number of piperazine rings is 1. The molecular weight excluding hydrogens is 520 g/mol. The highest BCUT2D eigenvalue weighted by molar-refractivity contribution is 6.34. The molecule has 0 bridgehead atoms. The van der Waals surface area contributed by atoms with Crippen LogP contribution in [0.4, 0.5) is 16.4 Å². The van der Waals surface area contributed by atoms with Gasteiger partial charge >= 0.3 is 6.09 Å². The first-order valence-corrected chi connectivity index (χ1v) is 13.0. The Morgan fingerprint density at radius 1 is 1.05 bits per heavy atom. The molecule has 2 amide bonds. The smallest absolute Gasteiger partial charge is 0.410 e. The number of aliphatic hydroxyl groups excluding tert-OH is 1. The van der Waals surface area contributed by atoms with Gasteiger partial charge in [0, 0.05) is 42.5 Å². The fourth-order valence-corrected chi connectivity index (χ4v) is 4.83. The number of fused-ring (bicyclic) bond motifs is 2. The second kappa shape index (κ2) is 10.6. The number of carbonyl (C=O) groups excluding carboxylic acids is 2. The zero-order chi connectivity index (χ0) is 27.7. The zero-order valence-corrected chi connectivity index (χ0v) is 22.7. The van der Waals surface area contributed by atoms with E-state index in [9.17, 15) is 14.7 Å². The molecule has 3 heterocycles. The molecule has 1 aliphatic heterocycles. The molecule has 0 unspecified atom stereocenters. The van der Waals surface area contributed by atoms with Gasteiger partial charge < -0.3 is 25.0 Å². The molecule has 39 heavy (non-hydrogen) atoms. The van der Waals surface area contributed by atoms with Crippen LogP contribution in [-0.4, -0.2) is 75.3 Å². The molecule has 2 aromatic heterocycles. The summed E-state index contributed by atoms with van der Waals surface area (Å²) in [6.45, 7) is 7.10. The largest absolute Gasteiger partial charge is 0.444 e. The van der Waals surface area contributed by atoms with Crippen molar-refractivity contribution in [3.63, 3.8) is 0 Å². The average Bonchev–Trinajstić information content (AvgIpc) is 2.91. The zero-order valence-electron chi connectivity index (χ0n) is 21.9. The summed E-state index contributed by atoms with van der Waals surface area (Å²) in [5.41, 5.74) is 1.37. The molecule has 2 N–H and O–H groups in total. The molecule has 4 aromatic rings. The van der Waals surface area contributed by atoms with Crippen molar-refractivity contribution >= 4 is 56.9 Å². The van der Waals surface area contributed by atoms with Gasteiger partial charge in [-0.3, -0.25) is 4.79 Å². The van der Waals surface area contributed by atoms with Crippen LogP contribution in [0.25, 0.3) is 32.9 Å². The predicted molar refractivity (Wildman–Crippen MR) is 151 cm³/mol. The minimum atomic E-state index is -0.647. The number of benzene rings is 2. The number of ether oxygens (including phenoxy) is 1. The molecule has 1 saturated heterocycles. The predicted octanol–water partition coefficient (Wildman–Crippen LogP) is 4.49. The van der Waals surface area contributed by atoms with E-state index in [0.717, 1.165) is 22.0 Å². The number of halogens is 1. The Bertz CT molecular complexity index is 1560. The van der Waals surface area contributed by atoms with Crippen molar-refractivity contribution in [1.82, 2.24) is 19.9 Å². The van der Waals surface area contributed by atoms with E-state index in [-0.39, 0.29) is 6.09 Å².